The number of hydrogen-bond donors (Lipinski definition) is 3. The van der Waals surface area contributed by atoms with E-state index < -0.39 is 5.43 Å². The van der Waals surface area contributed by atoms with Gasteiger partial charge in [-0.15, -0.1) is 0 Å². The molecule has 0 fully saturated rings. The van der Waals surface area contributed by atoms with E-state index in [1.165, 1.54) is 25.3 Å². The lowest BCUT2D eigenvalue weighted by molar-refractivity contribution is 0.406. The molecule has 0 aliphatic carbocycles. The van der Waals surface area contributed by atoms with Gasteiger partial charge >= 0.3 is 0 Å². The van der Waals surface area contributed by atoms with E-state index in [1.54, 1.807) is 12.1 Å². The van der Waals surface area contributed by atoms with Crippen molar-refractivity contribution in [1.82, 2.24) is 0 Å². The van der Waals surface area contributed by atoms with Crippen LogP contribution in [0.15, 0.2) is 51.2 Å². The van der Waals surface area contributed by atoms with Gasteiger partial charge in [0.1, 0.15) is 39.7 Å². The van der Waals surface area contributed by atoms with Crippen LogP contribution >= 0.6 is 0 Å². The van der Waals surface area contributed by atoms with Crippen LogP contribution in [0.2, 0.25) is 0 Å². The van der Waals surface area contributed by atoms with Crippen LogP contribution in [0.1, 0.15) is 38.8 Å². The van der Waals surface area contributed by atoms with Crippen LogP contribution in [0, 0.1) is 5.92 Å². The van der Waals surface area contributed by atoms with Crippen LogP contribution in [0.4, 0.5) is 0 Å². The van der Waals surface area contributed by atoms with E-state index in [2.05, 4.69) is 0 Å². The molecule has 0 bridgehead atoms. The quantitative estimate of drug-likeness (QED) is 0.425. The molecule has 0 spiro atoms. The number of phenolic OH excluding ortho intramolecular Hbond substituents is 3. The third kappa shape index (κ3) is 4.49. The molecule has 3 rings (SSSR count). The van der Waals surface area contributed by atoms with Gasteiger partial charge in [0.05, 0.1) is 18.2 Å². The lowest BCUT2D eigenvalue weighted by atomic mass is 9.98. The smallest absolute Gasteiger partial charge is 0.200 e. The van der Waals surface area contributed by atoms with Crippen LogP contribution in [-0.2, 0) is 6.42 Å². The molecule has 0 unspecified atom stereocenters. The number of phenols is 3. The van der Waals surface area contributed by atoms with E-state index in [0.717, 1.165) is 5.57 Å². The number of fused-ring (bicyclic) bond motifs is 1. The van der Waals surface area contributed by atoms with E-state index in [1.807, 2.05) is 39.8 Å². The monoisotopic (exact) mass is 436 g/mol. The van der Waals surface area contributed by atoms with Gasteiger partial charge in [0.2, 0.25) is 5.43 Å². The number of benzene rings is 2. The molecule has 0 saturated heterocycles. The summed E-state index contributed by atoms with van der Waals surface area (Å²) in [4.78, 5) is 13.6. The number of hydrogen-bond acceptors (Lipinski definition) is 6. The second-order valence-corrected chi connectivity index (χ2v) is 8.24. The average Bonchev–Trinajstić information content (AvgIpc) is 2.71. The Morgan fingerprint density at radius 1 is 1.16 bits per heavy atom. The normalized spacial score (nSPS) is 11.4. The molecule has 6 heteroatoms. The van der Waals surface area contributed by atoms with Crippen LogP contribution in [0.25, 0.3) is 28.4 Å². The number of aromatic hydroxyl groups is 3. The highest BCUT2D eigenvalue weighted by molar-refractivity contribution is 5.92. The molecule has 6 nitrogen and oxygen atoms in total. The molecule has 168 valence electrons. The fourth-order valence-electron chi connectivity index (χ4n) is 3.40. The van der Waals surface area contributed by atoms with E-state index >= 15 is 0 Å². The molecular formula is C26H28O6. The summed E-state index contributed by atoms with van der Waals surface area (Å²) >= 11 is 0. The maximum absolute atomic E-state index is 13.6. The Morgan fingerprint density at radius 3 is 2.47 bits per heavy atom. The maximum Gasteiger partial charge on any atom is 0.200 e. The van der Waals surface area contributed by atoms with Crippen molar-refractivity contribution in [2.75, 3.05) is 7.11 Å². The van der Waals surface area contributed by atoms with E-state index in [9.17, 15) is 20.1 Å². The van der Waals surface area contributed by atoms with Crippen molar-refractivity contribution >= 4 is 17.0 Å². The third-order valence-corrected chi connectivity index (χ3v) is 5.06. The Labute approximate surface area is 186 Å². The van der Waals surface area contributed by atoms with Crippen molar-refractivity contribution in [3.8, 4) is 34.3 Å². The summed E-state index contributed by atoms with van der Waals surface area (Å²) in [5.74, 6) is 0.210. The second kappa shape index (κ2) is 9.22. The summed E-state index contributed by atoms with van der Waals surface area (Å²) in [5, 5.41) is 31.1. The largest absolute Gasteiger partial charge is 0.508 e. The topological polar surface area (TPSA) is 100 Å². The standard InChI is InChI=1S/C26H28O6/c1-14(2)6-9-18-21(31-5)13-22-23(24(18)29)25(30)19(10-7-15(3)4)26(32-22)17-11-8-16(27)12-20(17)28/h6-9,11-14,27-29H,10H2,1-5H3. The highest BCUT2D eigenvalue weighted by Crippen LogP contribution is 2.40. The summed E-state index contributed by atoms with van der Waals surface area (Å²) < 4.78 is 11.5. The van der Waals surface area contributed by atoms with Gasteiger partial charge in [0.25, 0.3) is 0 Å². The predicted octanol–water partition coefficient (Wildman–Crippen LogP) is 5.76. The summed E-state index contributed by atoms with van der Waals surface area (Å²) in [7, 11) is 1.47. The fraction of sp³-hybridized carbons (Fsp3) is 0.269. The molecule has 3 N–H and O–H groups in total. The minimum atomic E-state index is -0.398. The molecular weight excluding hydrogens is 408 g/mol. The van der Waals surface area contributed by atoms with E-state index in [-0.39, 0.29) is 51.9 Å². The first kappa shape index (κ1) is 23.0. The molecule has 0 aliphatic rings. The highest BCUT2D eigenvalue weighted by atomic mass is 16.5. The summed E-state index contributed by atoms with van der Waals surface area (Å²) in [6.45, 7) is 7.84. The molecule has 0 aliphatic heterocycles. The first-order valence-corrected chi connectivity index (χ1v) is 10.4. The number of ether oxygens (including phenoxy) is 1. The SMILES string of the molecule is COc1cc2oc(-c3ccc(O)cc3O)c(CC=C(C)C)c(=O)c2c(O)c1C=CC(C)C. The van der Waals surface area contributed by atoms with Crippen molar-refractivity contribution in [3.63, 3.8) is 0 Å². The van der Waals surface area contributed by atoms with E-state index in [4.69, 9.17) is 9.15 Å². The van der Waals surface area contributed by atoms with Gasteiger partial charge in [-0.1, -0.05) is 37.6 Å². The lowest BCUT2D eigenvalue weighted by Gasteiger charge is -2.14. The molecule has 0 radical (unpaired) electrons. The Morgan fingerprint density at radius 2 is 1.88 bits per heavy atom. The van der Waals surface area contributed by atoms with Crippen molar-refractivity contribution in [2.45, 2.75) is 34.1 Å². The number of rotatable bonds is 6. The zero-order chi connectivity index (χ0) is 23.6. The van der Waals surface area contributed by atoms with Crippen LogP contribution in [-0.4, -0.2) is 22.4 Å². The van der Waals surface area contributed by atoms with Crippen LogP contribution in [0.3, 0.4) is 0 Å². The first-order chi connectivity index (χ1) is 15.1. The Bertz CT molecular complexity index is 1270. The van der Waals surface area contributed by atoms with E-state index in [0.29, 0.717) is 16.9 Å². The molecule has 0 atom stereocenters. The van der Waals surface area contributed by atoms with Gasteiger partial charge in [-0.25, -0.2) is 0 Å². The summed E-state index contributed by atoms with van der Waals surface area (Å²) in [5.41, 5.74) is 1.69. The molecule has 0 amide bonds. The number of methoxy groups -OCH3 is 1. The average molecular weight is 437 g/mol. The third-order valence-electron chi connectivity index (χ3n) is 5.06. The number of allylic oxidation sites excluding steroid dienone is 3. The van der Waals surface area contributed by atoms with Crippen molar-refractivity contribution in [1.29, 1.82) is 0 Å². The minimum Gasteiger partial charge on any atom is -0.508 e. The van der Waals surface area contributed by atoms with Gasteiger partial charge in [0, 0.05) is 17.7 Å². The zero-order valence-electron chi connectivity index (χ0n) is 18.9. The lowest BCUT2D eigenvalue weighted by Crippen LogP contribution is -2.12. The van der Waals surface area contributed by atoms with Gasteiger partial charge in [-0.2, -0.15) is 0 Å². The van der Waals surface area contributed by atoms with Gasteiger partial charge in [0.15, 0.2) is 0 Å². The maximum atomic E-state index is 13.6. The second-order valence-electron chi connectivity index (χ2n) is 8.24. The van der Waals surface area contributed by atoms with Gasteiger partial charge < -0.3 is 24.5 Å². The molecule has 3 aromatic rings. The predicted molar refractivity (Wildman–Crippen MR) is 126 cm³/mol. The Hall–Kier alpha value is -3.67. The van der Waals surface area contributed by atoms with Crippen molar-refractivity contribution < 1.29 is 24.5 Å². The zero-order valence-corrected chi connectivity index (χ0v) is 18.9. The minimum absolute atomic E-state index is 0.0494. The molecule has 1 aromatic heterocycles. The highest BCUT2D eigenvalue weighted by Gasteiger charge is 2.23. The Kier molecular flexibility index (Phi) is 6.63. The molecule has 2 aromatic carbocycles. The first-order valence-electron chi connectivity index (χ1n) is 10.4. The summed E-state index contributed by atoms with van der Waals surface area (Å²) in [6.07, 6.45) is 5.75. The van der Waals surface area contributed by atoms with Crippen molar-refractivity contribution in [2.24, 2.45) is 5.92 Å². The van der Waals surface area contributed by atoms with Crippen molar-refractivity contribution in [3.05, 3.63) is 63.3 Å². The summed E-state index contributed by atoms with van der Waals surface area (Å²) in [6, 6.07) is 5.63. The molecule has 1 heterocycles. The van der Waals surface area contributed by atoms with Crippen LogP contribution < -0.4 is 10.2 Å². The van der Waals surface area contributed by atoms with Gasteiger partial charge in [-0.05, 0) is 38.3 Å². The fourth-order valence-corrected chi connectivity index (χ4v) is 3.40. The molecule has 32 heavy (non-hydrogen) atoms. The molecule has 0 saturated carbocycles. The van der Waals surface area contributed by atoms with Crippen LogP contribution in [0.5, 0.6) is 23.0 Å². The van der Waals surface area contributed by atoms with Gasteiger partial charge in [-0.3, -0.25) is 4.79 Å². The Balaban J connectivity index is 2.42.